The highest BCUT2D eigenvalue weighted by Gasteiger charge is 2.36. The molecule has 6 nitrogen and oxygen atoms in total. The Morgan fingerprint density at radius 3 is 2.92 bits per heavy atom. The molecule has 2 aliphatic rings. The third-order valence-corrected chi connectivity index (χ3v) is 7.68. The average molecular weight is 497 g/mol. The number of aromatic nitrogens is 3. The topological polar surface area (TPSA) is 79.8 Å². The number of aryl methyl sites for hydroxylation is 1. The molecule has 7 heteroatoms. The standard InChI is InChI=1S/C30H29FN4O2/c1-19-33-28-11-10-24(18-35(28)34-19)29-25-14-21(8-9-23(25)17-32-29)27(36)13-20-5-4-12-30(37,15-20)16-22-6-2-3-7-26(22)31/h2-3,6-11,14,18,20,37H,4-5,12-13,15-17H2,1H3/t20-,30+/m0/s1. The Hall–Kier alpha value is -3.71. The van der Waals surface area contributed by atoms with Crippen molar-refractivity contribution in [2.45, 2.75) is 57.6 Å². The van der Waals surface area contributed by atoms with Crippen molar-refractivity contribution in [3.8, 4) is 0 Å². The van der Waals surface area contributed by atoms with Crippen molar-refractivity contribution in [1.29, 1.82) is 0 Å². The number of hydrogen-bond acceptors (Lipinski definition) is 5. The van der Waals surface area contributed by atoms with Crippen LogP contribution in [-0.4, -0.2) is 36.8 Å². The summed E-state index contributed by atoms with van der Waals surface area (Å²) in [4.78, 5) is 22.5. The molecule has 3 heterocycles. The Balaban J connectivity index is 1.18. The second-order valence-electron chi connectivity index (χ2n) is 10.5. The van der Waals surface area contributed by atoms with Gasteiger partial charge in [0.05, 0.1) is 17.9 Å². The first-order chi connectivity index (χ1) is 17.9. The van der Waals surface area contributed by atoms with Gasteiger partial charge >= 0.3 is 0 Å². The van der Waals surface area contributed by atoms with Gasteiger partial charge in [0.1, 0.15) is 11.6 Å². The van der Waals surface area contributed by atoms with E-state index in [0.717, 1.165) is 40.9 Å². The molecule has 2 aromatic heterocycles. The molecule has 0 unspecified atom stereocenters. The van der Waals surface area contributed by atoms with Gasteiger partial charge in [0.2, 0.25) is 0 Å². The predicted octanol–water partition coefficient (Wildman–Crippen LogP) is 5.26. The SMILES string of the molecule is Cc1nc2ccc(C3=NCc4ccc(C(=O)C[C@@H]5CCC[C@](O)(Cc6ccccc6F)C5)cc43)cn2n1. The number of halogens is 1. The largest absolute Gasteiger partial charge is 0.390 e. The summed E-state index contributed by atoms with van der Waals surface area (Å²) in [5.74, 6) is 0.555. The number of aliphatic imine (C=N–C) groups is 1. The van der Waals surface area contributed by atoms with Gasteiger partial charge in [-0.2, -0.15) is 5.10 Å². The number of aliphatic hydroxyl groups is 1. The van der Waals surface area contributed by atoms with Crippen molar-refractivity contribution in [3.05, 3.63) is 100 Å². The molecule has 0 amide bonds. The average Bonchev–Trinajstić information content (AvgIpc) is 3.46. The van der Waals surface area contributed by atoms with Gasteiger partial charge in [-0.3, -0.25) is 9.79 Å². The Kier molecular flexibility index (Phi) is 5.95. The van der Waals surface area contributed by atoms with Gasteiger partial charge in [-0.05, 0) is 67.5 Å². The number of rotatable bonds is 6. The maximum absolute atomic E-state index is 14.2. The second kappa shape index (κ2) is 9.30. The molecule has 0 saturated heterocycles. The Bertz CT molecular complexity index is 1540. The lowest BCUT2D eigenvalue weighted by atomic mass is 9.73. The van der Waals surface area contributed by atoms with Crippen LogP contribution in [0.2, 0.25) is 0 Å². The van der Waals surface area contributed by atoms with Crippen LogP contribution in [-0.2, 0) is 13.0 Å². The number of carbonyl (C=O) groups is 1. The van der Waals surface area contributed by atoms with Crippen molar-refractivity contribution in [2.75, 3.05) is 0 Å². The van der Waals surface area contributed by atoms with Gasteiger partial charge in [-0.15, -0.1) is 0 Å². The summed E-state index contributed by atoms with van der Waals surface area (Å²) in [7, 11) is 0. The molecule has 2 atom stereocenters. The quantitative estimate of drug-likeness (QED) is 0.369. The van der Waals surface area contributed by atoms with Gasteiger partial charge in [0, 0.05) is 35.7 Å². The summed E-state index contributed by atoms with van der Waals surface area (Å²) in [6.45, 7) is 2.44. The van der Waals surface area contributed by atoms with Gasteiger partial charge in [-0.1, -0.05) is 36.8 Å². The van der Waals surface area contributed by atoms with Crippen molar-refractivity contribution < 1.29 is 14.3 Å². The summed E-state index contributed by atoms with van der Waals surface area (Å²) in [5.41, 5.74) is 4.85. The third-order valence-electron chi connectivity index (χ3n) is 7.68. The van der Waals surface area contributed by atoms with E-state index >= 15 is 0 Å². The Morgan fingerprint density at radius 1 is 1.19 bits per heavy atom. The van der Waals surface area contributed by atoms with Crippen LogP contribution in [0, 0.1) is 18.7 Å². The minimum Gasteiger partial charge on any atom is -0.390 e. The smallest absolute Gasteiger partial charge is 0.163 e. The molecular weight excluding hydrogens is 467 g/mol. The van der Waals surface area contributed by atoms with Crippen LogP contribution in [0.4, 0.5) is 4.39 Å². The van der Waals surface area contributed by atoms with Crippen molar-refractivity contribution in [1.82, 2.24) is 14.6 Å². The number of benzene rings is 2. The van der Waals surface area contributed by atoms with Crippen LogP contribution >= 0.6 is 0 Å². The molecule has 188 valence electrons. The molecule has 1 aliphatic carbocycles. The molecule has 1 aliphatic heterocycles. The molecule has 4 aromatic rings. The first kappa shape index (κ1) is 23.7. The summed E-state index contributed by atoms with van der Waals surface area (Å²) >= 11 is 0. The summed E-state index contributed by atoms with van der Waals surface area (Å²) in [5, 5.41) is 15.7. The number of Topliss-reactive ketones (excluding diaryl/α,β-unsaturated/α-hetero) is 1. The molecular formula is C30H29FN4O2. The monoisotopic (exact) mass is 496 g/mol. The van der Waals surface area contributed by atoms with Crippen LogP contribution < -0.4 is 0 Å². The van der Waals surface area contributed by atoms with E-state index in [9.17, 15) is 14.3 Å². The van der Waals surface area contributed by atoms with Crippen LogP contribution in [0.3, 0.4) is 0 Å². The molecule has 1 fully saturated rings. The highest BCUT2D eigenvalue weighted by Crippen LogP contribution is 2.37. The fourth-order valence-corrected chi connectivity index (χ4v) is 5.91. The maximum Gasteiger partial charge on any atom is 0.163 e. The lowest BCUT2D eigenvalue weighted by molar-refractivity contribution is -0.0164. The molecule has 2 aromatic carbocycles. The Labute approximate surface area is 214 Å². The molecule has 1 saturated carbocycles. The van der Waals surface area contributed by atoms with Crippen molar-refractivity contribution in [3.63, 3.8) is 0 Å². The molecule has 0 spiro atoms. The maximum atomic E-state index is 14.2. The van der Waals surface area contributed by atoms with Gasteiger partial charge in [0.15, 0.2) is 11.4 Å². The van der Waals surface area contributed by atoms with Crippen LogP contribution in [0.5, 0.6) is 0 Å². The summed E-state index contributed by atoms with van der Waals surface area (Å²) < 4.78 is 16.0. The number of ketones is 1. The first-order valence-corrected chi connectivity index (χ1v) is 12.9. The fraction of sp³-hybridized carbons (Fsp3) is 0.333. The van der Waals surface area contributed by atoms with Crippen LogP contribution in [0.1, 0.15) is 70.5 Å². The van der Waals surface area contributed by atoms with Gasteiger partial charge < -0.3 is 5.11 Å². The first-order valence-electron chi connectivity index (χ1n) is 12.9. The van der Waals surface area contributed by atoms with E-state index in [1.54, 1.807) is 22.7 Å². The molecule has 1 N–H and O–H groups in total. The van der Waals surface area contributed by atoms with E-state index in [1.807, 2.05) is 43.5 Å². The zero-order chi connectivity index (χ0) is 25.6. The van der Waals surface area contributed by atoms with Gasteiger partial charge in [0.25, 0.3) is 0 Å². The second-order valence-corrected chi connectivity index (χ2v) is 10.5. The number of pyridine rings is 1. The lowest BCUT2D eigenvalue weighted by Gasteiger charge is -2.37. The van der Waals surface area contributed by atoms with Crippen molar-refractivity contribution in [2.24, 2.45) is 10.9 Å². The highest BCUT2D eigenvalue weighted by molar-refractivity contribution is 6.16. The van der Waals surface area contributed by atoms with E-state index in [-0.39, 0.29) is 23.9 Å². The highest BCUT2D eigenvalue weighted by atomic mass is 19.1. The molecule has 0 bridgehead atoms. The predicted molar refractivity (Wildman–Crippen MR) is 139 cm³/mol. The van der Waals surface area contributed by atoms with E-state index in [0.29, 0.717) is 42.8 Å². The van der Waals surface area contributed by atoms with Gasteiger partial charge in [-0.25, -0.2) is 13.9 Å². The minimum absolute atomic E-state index is 0.0662. The summed E-state index contributed by atoms with van der Waals surface area (Å²) in [6, 6.07) is 16.4. The number of nitrogens with zero attached hydrogens (tertiary/aromatic N) is 4. The van der Waals surface area contributed by atoms with E-state index in [4.69, 9.17) is 4.99 Å². The van der Waals surface area contributed by atoms with E-state index in [1.165, 1.54) is 6.07 Å². The number of hydrogen-bond donors (Lipinski definition) is 1. The minimum atomic E-state index is -0.985. The molecule has 37 heavy (non-hydrogen) atoms. The Morgan fingerprint density at radius 2 is 2.05 bits per heavy atom. The van der Waals surface area contributed by atoms with E-state index < -0.39 is 5.60 Å². The van der Waals surface area contributed by atoms with Crippen LogP contribution in [0.15, 0.2) is 65.8 Å². The fourth-order valence-electron chi connectivity index (χ4n) is 5.91. The summed E-state index contributed by atoms with van der Waals surface area (Å²) in [6.07, 6.45) is 5.42. The number of fused-ring (bicyclic) bond motifs is 2. The zero-order valence-corrected chi connectivity index (χ0v) is 20.8. The zero-order valence-electron chi connectivity index (χ0n) is 20.8. The van der Waals surface area contributed by atoms with E-state index in [2.05, 4.69) is 10.1 Å². The van der Waals surface area contributed by atoms with Crippen molar-refractivity contribution >= 4 is 17.1 Å². The number of carbonyl (C=O) groups excluding carboxylic acids is 1. The third kappa shape index (κ3) is 4.71. The lowest BCUT2D eigenvalue weighted by Crippen LogP contribution is -2.38. The van der Waals surface area contributed by atoms with Crippen LogP contribution in [0.25, 0.3) is 5.65 Å². The molecule has 0 radical (unpaired) electrons. The molecule has 6 rings (SSSR count). The normalized spacial score (nSPS) is 21.2.